The zero-order chi connectivity index (χ0) is 68.0. The van der Waals surface area contributed by atoms with Gasteiger partial charge in [0.25, 0.3) is 0 Å². The Labute approximate surface area is 561 Å². The standard InChI is InChI=1S/C73H138O17P2/c1-8-11-12-13-14-15-16-17-18-23-26-29-32-42-49-56-72(77)89-68(61-84-71(76)55-48-41-35-33-37-44-51-64(4)5)62-87-91(79,80)85-58-67(74)59-86-92(81,82)88-63-69(90-73(78)57-50-43-36-34-39-46-53-66(7)10-3)60-83-70(75)54-47-40-31-28-25-22-20-19-21-24-27-30-38-45-52-65(6)9-2/h15-18,64-69,74H,8-14,19-63H2,1-7H3,(H,79,80)(H,81,82)/b16-15-,18-17-/t65?,66?,67-,68+,69+/m0/s1. The summed E-state index contributed by atoms with van der Waals surface area (Å²) in [6.07, 6.45) is 51.0. The maximum Gasteiger partial charge on any atom is 0.472 e. The molecule has 0 aliphatic heterocycles. The third kappa shape index (κ3) is 63.6. The molecule has 0 aromatic rings. The summed E-state index contributed by atoms with van der Waals surface area (Å²) >= 11 is 0. The average Bonchev–Trinajstić information content (AvgIpc) is 3.62. The molecule has 0 radical (unpaired) electrons. The van der Waals surface area contributed by atoms with Crippen molar-refractivity contribution in [2.75, 3.05) is 39.6 Å². The van der Waals surface area contributed by atoms with Crippen molar-refractivity contribution in [2.45, 2.75) is 362 Å². The normalized spacial score (nSPS) is 14.9. The molecule has 0 heterocycles. The second-order valence-corrected chi connectivity index (χ2v) is 29.5. The summed E-state index contributed by atoms with van der Waals surface area (Å²) in [6, 6.07) is 0. The molecule has 542 valence electrons. The van der Waals surface area contributed by atoms with Crippen LogP contribution in [0, 0.1) is 17.8 Å². The molecule has 0 rings (SSSR count). The monoisotopic (exact) mass is 1350 g/mol. The van der Waals surface area contributed by atoms with Gasteiger partial charge in [0.1, 0.15) is 19.3 Å². The van der Waals surface area contributed by atoms with Crippen molar-refractivity contribution in [3.05, 3.63) is 24.3 Å². The van der Waals surface area contributed by atoms with E-state index in [4.69, 9.17) is 37.0 Å². The number of hydrogen-bond donors (Lipinski definition) is 3. The molecule has 92 heavy (non-hydrogen) atoms. The first kappa shape index (κ1) is 89.5. The van der Waals surface area contributed by atoms with Gasteiger partial charge in [-0.25, -0.2) is 9.13 Å². The molecule has 0 saturated heterocycles. The van der Waals surface area contributed by atoms with Gasteiger partial charge in [0, 0.05) is 25.7 Å². The molecule has 19 heteroatoms. The summed E-state index contributed by atoms with van der Waals surface area (Å²) in [6.45, 7) is 11.7. The van der Waals surface area contributed by atoms with E-state index in [9.17, 15) is 43.2 Å². The molecule has 17 nitrogen and oxygen atoms in total. The Hall–Kier alpha value is -2.46. The minimum Gasteiger partial charge on any atom is -0.462 e. The van der Waals surface area contributed by atoms with E-state index >= 15 is 0 Å². The van der Waals surface area contributed by atoms with Crippen LogP contribution in [0.15, 0.2) is 24.3 Å². The molecule has 0 aromatic carbocycles. The smallest absolute Gasteiger partial charge is 0.462 e. The van der Waals surface area contributed by atoms with Crippen molar-refractivity contribution in [2.24, 2.45) is 17.8 Å². The highest BCUT2D eigenvalue weighted by Gasteiger charge is 2.30. The first-order valence-corrected chi connectivity index (χ1v) is 40.2. The fourth-order valence-electron chi connectivity index (χ4n) is 10.5. The number of carbonyl (C=O) groups is 4. The zero-order valence-corrected chi connectivity index (χ0v) is 61.3. The van der Waals surface area contributed by atoms with Crippen LogP contribution >= 0.6 is 15.6 Å². The molecule has 0 amide bonds. The quantitative estimate of drug-likeness (QED) is 0.0169. The highest BCUT2D eigenvalue weighted by atomic mass is 31.2. The predicted molar refractivity (Wildman–Crippen MR) is 372 cm³/mol. The van der Waals surface area contributed by atoms with Crippen LogP contribution in [0.2, 0.25) is 0 Å². The van der Waals surface area contributed by atoms with Crippen molar-refractivity contribution >= 4 is 39.5 Å². The molecular weight excluding hydrogens is 1210 g/mol. The van der Waals surface area contributed by atoms with Crippen LogP contribution in [0.3, 0.4) is 0 Å². The molecular formula is C73H138O17P2. The van der Waals surface area contributed by atoms with E-state index in [1.54, 1.807) is 0 Å². The number of rotatable bonds is 69. The summed E-state index contributed by atoms with van der Waals surface area (Å²) in [5.74, 6) is 0.0845. The molecule has 0 saturated carbocycles. The number of hydrogen-bond acceptors (Lipinski definition) is 15. The largest absolute Gasteiger partial charge is 0.472 e. The number of phosphoric acid groups is 2. The second-order valence-electron chi connectivity index (χ2n) is 26.6. The van der Waals surface area contributed by atoms with Gasteiger partial charge in [-0.3, -0.25) is 37.3 Å². The average molecular weight is 1350 g/mol. The third-order valence-electron chi connectivity index (χ3n) is 17.0. The van der Waals surface area contributed by atoms with Crippen molar-refractivity contribution < 1.29 is 80.2 Å². The Balaban J connectivity index is 5.22. The van der Waals surface area contributed by atoms with Gasteiger partial charge in [0.05, 0.1) is 26.4 Å². The van der Waals surface area contributed by atoms with Gasteiger partial charge in [-0.2, -0.15) is 0 Å². The Morgan fingerprint density at radius 3 is 0.967 bits per heavy atom. The van der Waals surface area contributed by atoms with Gasteiger partial charge in [-0.1, -0.05) is 291 Å². The topological polar surface area (TPSA) is 237 Å². The van der Waals surface area contributed by atoms with Gasteiger partial charge in [-0.05, 0) is 69.1 Å². The molecule has 7 atom stereocenters. The molecule has 0 aliphatic rings. The first-order valence-electron chi connectivity index (χ1n) is 37.2. The van der Waals surface area contributed by atoms with E-state index < -0.39 is 97.5 Å². The van der Waals surface area contributed by atoms with Gasteiger partial charge in [-0.15, -0.1) is 0 Å². The van der Waals surface area contributed by atoms with Gasteiger partial charge in [0.15, 0.2) is 12.2 Å². The van der Waals surface area contributed by atoms with E-state index in [1.807, 2.05) is 0 Å². The summed E-state index contributed by atoms with van der Waals surface area (Å²) in [4.78, 5) is 72.6. The van der Waals surface area contributed by atoms with Crippen LogP contribution in [0.25, 0.3) is 0 Å². The molecule has 0 spiro atoms. The summed E-state index contributed by atoms with van der Waals surface area (Å²) < 4.78 is 68.3. The first-order chi connectivity index (χ1) is 44.3. The summed E-state index contributed by atoms with van der Waals surface area (Å²) in [5.41, 5.74) is 0. The lowest BCUT2D eigenvalue weighted by atomic mass is 9.99. The minimum atomic E-state index is -4.96. The Morgan fingerprint density at radius 1 is 0.359 bits per heavy atom. The lowest BCUT2D eigenvalue weighted by Gasteiger charge is -2.21. The Bertz CT molecular complexity index is 1900. The predicted octanol–water partition coefficient (Wildman–Crippen LogP) is 20.6. The number of carbonyl (C=O) groups excluding carboxylic acids is 4. The Morgan fingerprint density at radius 2 is 0.641 bits per heavy atom. The maximum atomic E-state index is 13.0. The van der Waals surface area contributed by atoms with Crippen molar-refractivity contribution in [1.29, 1.82) is 0 Å². The number of unbranched alkanes of at least 4 members (excludes halogenated alkanes) is 32. The minimum absolute atomic E-state index is 0.0835. The van der Waals surface area contributed by atoms with E-state index in [2.05, 4.69) is 72.8 Å². The molecule has 0 aliphatic carbocycles. The summed E-state index contributed by atoms with van der Waals surface area (Å²) in [7, 11) is -9.92. The van der Waals surface area contributed by atoms with Crippen LogP contribution in [0.1, 0.15) is 344 Å². The van der Waals surface area contributed by atoms with Gasteiger partial charge >= 0.3 is 39.5 Å². The van der Waals surface area contributed by atoms with Crippen LogP contribution in [0.4, 0.5) is 0 Å². The SMILES string of the molecule is CCCCCC/C=C\C=C/CCCCCCCC(=O)O[C@H](COC(=O)CCCCCCCCC(C)C)COP(=O)(O)OC[C@H](O)COP(=O)(O)OC[C@@H](COC(=O)CCCCCCCCCCCCCCCCC(C)CC)OC(=O)CCCCCCCCC(C)CC. The van der Waals surface area contributed by atoms with Crippen molar-refractivity contribution in [1.82, 2.24) is 0 Å². The number of ether oxygens (including phenoxy) is 4. The number of aliphatic hydroxyl groups excluding tert-OH is 1. The number of esters is 4. The van der Waals surface area contributed by atoms with Crippen LogP contribution in [-0.4, -0.2) is 96.7 Å². The fourth-order valence-corrected chi connectivity index (χ4v) is 12.0. The lowest BCUT2D eigenvalue weighted by Crippen LogP contribution is -2.30. The van der Waals surface area contributed by atoms with E-state index in [1.165, 1.54) is 135 Å². The highest BCUT2D eigenvalue weighted by Crippen LogP contribution is 2.45. The van der Waals surface area contributed by atoms with E-state index in [-0.39, 0.29) is 25.7 Å². The van der Waals surface area contributed by atoms with Crippen molar-refractivity contribution in [3.8, 4) is 0 Å². The van der Waals surface area contributed by atoms with Gasteiger partial charge in [0.2, 0.25) is 0 Å². The van der Waals surface area contributed by atoms with Gasteiger partial charge < -0.3 is 33.8 Å². The maximum absolute atomic E-state index is 13.0. The molecule has 0 fully saturated rings. The van der Waals surface area contributed by atoms with Crippen LogP contribution in [0.5, 0.6) is 0 Å². The molecule has 0 bridgehead atoms. The number of aliphatic hydroxyl groups is 1. The lowest BCUT2D eigenvalue weighted by molar-refractivity contribution is -0.161. The van der Waals surface area contributed by atoms with Crippen LogP contribution < -0.4 is 0 Å². The van der Waals surface area contributed by atoms with Crippen molar-refractivity contribution in [3.63, 3.8) is 0 Å². The number of phosphoric ester groups is 2. The van der Waals surface area contributed by atoms with E-state index in [0.717, 1.165) is 121 Å². The zero-order valence-electron chi connectivity index (χ0n) is 59.5. The molecule has 3 N–H and O–H groups in total. The second kappa shape index (κ2) is 63.3. The van der Waals surface area contributed by atoms with E-state index in [0.29, 0.717) is 31.6 Å². The fraction of sp³-hybridized carbons (Fsp3) is 0.890. The molecule has 0 aromatic heterocycles. The van der Waals surface area contributed by atoms with Crippen LogP contribution in [-0.2, 0) is 65.4 Å². The highest BCUT2D eigenvalue weighted by molar-refractivity contribution is 7.47. The summed E-state index contributed by atoms with van der Waals surface area (Å²) in [5, 5.41) is 10.6. The molecule has 4 unspecified atom stereocenters. The number of allylic oxidation sites excluding steroid dienone is 4. The Kier molecular flexibility index (Phi) is 61.6. The third-order valence-corrected chi connectivity index (χ3v) is 18.9.